The van der Waals surface area contributed by atoms with Crippen molar-refractivity contribution in [3.05, 3.63) is 70.9 Å². The average Bonchev–Trinajstić information content (AvgIpc) is 3.17. The number of rotatable bonds is 9. The van der Waals surface area contributed by atoms with Crippen LogP contribution in [0.3, 0.4) is 0 Å². The van der Waals surface area contributed by atoms with Gasteiger partial charge in [0.15, 0.2) is 11.6 Å². The Labute approximate surface area is 170 Å². The second-order valence-electron chi connectivity index (χ2n) is 7.23. The van der Waals surface area contributed by atoms with Crippen LogP contribution in [0.1, 0.15) is 58.5 Å². The molecule has 0 saturated carbocycles. The molecule has 0 amide bonds. The standard InChI is InChI=1S/C24H25N3O2/c1-3-4-23(28)19-9-10-20-21(15-27-22(20)13-19)24(29)16(2)26-12-11-17-5-7-18(14-25)8-6-17/h5-10,13,15-16,26-27H,3-4,11-12H2,1-2H3. The molecule has 2 N–H and O–H groups in total. The highest BCUT2D eigenvalue weighted by molar-refractivity contribution is 6.11. The van der Waals surface area contributed by atoms with Crippen molar-refractivity contribution in [2.24, 2.45) is 0 Å². The maximum atomic E-state index is 12.9. The average molecular weight is 387 g/mol. The summed E-state index contributed by atoms with van der Waals surface area (Å²) in [4.78, 5) is 28.1. The summed E-state index contributed by atoms with van der Waals surface area (Å²) in [5.74, 6) is 0.137. The molecule has 0 aliphatic rings. The summed E-state index contributed by atoms with van der Waals surface area (Å²) < 4.78 is 0. The number of hydrogen-bond acceptors (Lipinski definition) is 4. The highest BCUT2D eigenvalue weighted by Crippen LogP contribution is 2.22. The molecule has 29 heavy (non-hydrogen) atoms. The summed E-state index contributed by atoms with van der Waals surface area (Å²) in [6, 6.07) is 14.7. The van der Waals surface area contributed by atoms with E-state index >= 15 is 0 Å². The van der Waals surface area contributed by atoms with E-state index in [0.29, 0.717) is 29.7 Å². The minimum Gasteiger partial charge on any atom is -0.360 e. The van der Waals surface area contributed by atoms with Crippen LogP contribution >= 0.6 is 0 Å². The molecule has 0 aliphatic heterocycles. The second-order valence-corrected chi connectivity index (χ2v) is 7.23. The van der Waals surface area contributed by atoms with Crippen molar-refractivity contribution in [2.75, 3.05) is 6.54 Å². The molecule has 5 nitrogen and oxygen atoms in total. The summed E-state index contributed by atoms with van der Waals surface area (Å²) in [5.41, 5.74) is 3.87. The molecule has 3 rings (SSSR count). The molecule has 0 spiro atoms. The zero-order valence-corrected chi connectivity index (χ0v) is 16.8. The zero-order chi connectivity index (χ0) is 20.8. The van der Waals surface area contributed by atoms with Crippen LogP contribution in [0, 0.1) is 11.3 Å². The van der Waals surface area contributed by atoms with Gasteiger partial charge in [-0.25, -0.2) is 0 Å². The highest BCUT2D eigenvalue weighted by atomic mass is 16.1. The van der Waals surface area contributed by atoms with E-state index in [4.69, 9.17) is 5.26 Å². The summed E-state index contributed by atoms with van der Waals surface area (Å²) in [7, 11) is 0. The van der Waals surface area contributed by atoms with E-state index in [2.05, 4.69) is 16.4 Å². The molecule has 5 heteroatoms. The third-order valence-corrected chi connectivity index (χ3v) is 5.09. The third kappa shape index (κ3) is 4.79. The van der Waals surface area contributed by atoms with E-state index in [-0.39, 0.29) is 17.6 Å². The Morgan fingerprint density at radius 1 is 1.17 bits per heavy atom. The van der Waals surface area contributed by atoms with Gasteiger partial charge < -0.3 is 10.3 Å². The summed E-state index contributed by atoms with van der Waals surface area (Å²) >= 11 is 0. The van der Waals surface area contributed by atoms with Gasteiger partial charge in [0.25, 0.3) is 0 Å². The minimum atomic E-state index is -0.325. The van der Waals surface area contributed by atoms with E-state index in [9.17, 15) is 9.59 Å². The molecule has 1 aromatic heterocycles. The lowest BCUT2D eigenvalue weighted by Gasteiger charge is -2.12. The predicted octanol–water partition coefficient (Wildman–Crippen LogP) is 4.43. The predicted molar refractivity (Wildman–Crippen MR) is 114 cm³/mol. The van der Waals surface area contributed by atoms with Crippen molar-refractivity contribution >= 4 is 22.5 Å². The van der Waals surface area contributed by atoms with E-state index in [0.717, 1.165) is 29.3 Å². The number of nitrogens with one attached hydrogen (secondary N) is 2. The highest BCUT2D eigenvalue weighted by Gasteiger charge is 2.19. The van der Waals surface area contributed by atoms with E-state index in [1.54, 1.807) is 24.4 Å². The van der Waals surface area contributed by atoms with Crippen LogP contribution in [-0.2, 0) is 6.42 Å². The quantitative estimate of drug-likeness (QED) is 0.532. The van der Waals surface area contributed by atoms with Gasteiger partial charge in [0.2, 0.25) is 0 Å². The Morgan fingerprint density at radius 3 is 2.62 bits per heavy atom. The number of carbonyl (C=O) groups is 2. The van der Waals surface area contributed by atoms with Gasteiger partial charge in [-0.15, -0.1) is 0 Å². The van der Waals surface area contributed by atoms with Gasteiger partial charge in [0, 0.05) is 34.6 Å². The fourth-order valence-electron chi connectivity index (χ4n) is 3.38. The molecule has 1 heterocycles. The van der Waals surface area contributed by atoms with Crippen molar-refractivity contribution in [3.63, 3.8) is 0 Å². The normalized spacial score (nSPS) is 11.9. The number of hydrogen-bond donors (Lipinski definition) is 2. The number of H-pyrrole nitrogens is 1. The fraction of sp³-hybridized carbons (Fsp3) is 0.292. The number of nitrogens with zero attached hydrogens (tertiary/aromatic N) is 1. The minimum absolute atomic E-state index is 0.0173. The molecule has 1 unspecified atom stereocenters. The lowest BCUT2D eigenvalue weighted by atomic mass is 10.0. The van der Waals surface area contributed by atoms with E-state index in [1.807, 2.05) is 38.1 Å². The second kappa shape index (κ2) is 9.31. The molecule has 0 aliphatic carbocycles. The van der Waals surface area contributed by atoms with Gasteiger partial charge >= 0.3 is 0 Å². The van der Waals surface area contributed by atoms with Crippen LogP contribution in [0.5, 0.6) is 0 Å². The Morgan fingerprint density at radius 2 is 1.93 bits per heavy atom. The number of nitriles is 1. The molecular formula is C24H25N3O2. The van der Waals surface area contributed by atoms with Crippen molar-refractivity contribution < 1.29 is 9.59 Å². The largest absolute Gasteiger partial charge is 0.360 e. The first kappa shape index (κ1) is 20.5. The SMILES string of the molecule is CCCC(=O)c1ccc2c(C(=O)C(C)NCCc3ccc(C#N)cc3)c[nH]c2c1. The summed E-state index contributed by atoms with van der Waals surface area (Å²) in [6.07, 6.45) is 3.84. The first-order valence-electron chi connectivity index (χ1n) is 9.94. The first-order chi connectivity index (χ1) is 14.0. The van der Waals surface area contributed by atoms with Crippen LogP contribution in [0.4, 0.5) is 0 Å². The van der Waals surface area contributed by atoms with Crippen molar-refractivity contribution in [1.29, 1.82) is 5.26 Å². The Balaban J connectivity index is 1.63. The van der Waals surface area contributed by atoms with Gasteiger partial charge in [-0.05, 0) is 50.1 Å². The third-order valence-electron chi connectivity index (χ3n) is 5.09. The fourth-order valence-corrected chi connectivity index (χ4v) is 3.38. The maximum absolute atomic E-state index is 12.9. The molecule has 0 radical (unpaired) electrons. The van der Waals surface area contributed by atoms with Crippen LogP contribution in [0.2, 0.25) is 0 Å². The number of ketones is 2. The van der Waals surface area contributed by atoms with Crippen molar-refractivity contribution in [3.8, 4) is 6.07 Å². The number of benzene rings is 2. The van der Waals surface area contributed by atoms with Crippen molar-refractivity contribution in [2.45, 2.75) is 39.2 Å². The topological polar surface area (TPSA) is 85.8 Å². The van der Waals surface area contributed by atoms with Gasteiger partial charge in [-0.3, -0.25) is 9.59 Å². The Bertz CT molecular complexity index is 1060. The van der Waals surface area contributed by atoms with Crippen molar-refractivity contribution in [1.82, 2.24) is 10.3 Å². The molecule has 1 atom stereocenters. The zero-order valence-electron chi connectivity index (χ0n) is 16.8. The molecule has 0 saturated heterocycles. The lowest BCUT2D eigenvalue weighted by molar-refractivity contribution is 0.0951. The molecule has 0 fully saturated rings. The first-order valence-corrected chi connectivity index (χ1v) is 9.94. The summed E-state index contributed by atoms with van der Waals surface area (Å²) in [5, 5.41) is 13.0. The monoisotopic (exact) mass is 387 g/mol. The lowest BCUT2D eigenvalue weighted by Crippen LogP contribution is -2.35. The smallest absolute Gasteiger partial charge is 0.181 e. The van der Waals surface area contributed by atoms with Gasteiger partial charge in [-0.2, -0.15) is 5.26 Å². The Hall–Kier alpha value is -3.23. The number of aromatic amines is 1. The van der Waals surface area contributed by atoms with Crippen LogP contribution in [0.15, 0.2) is 48.7 Å². The maximum Gasteiger partial charge on any atom is 0.181 e. The van der Waals surface area contributed by atoms with Crippen LogP contribution in [0.25, 0.3) is 10.9 Å². The van der Waals surface area contributed by atoms with E-state index < -0.39 is 0 Å². The molecule has 0 bridgehead atoms. The number of Topliss-reactive ketones (excluding diaryl/α,β-unsaturated/α-hetero) is 2. The molecule has 148 valence electrons. The van der Waals surface area contributed by atoms with Crippen LogP contribution in [-0.4, -0.2) is 29.1 Å². The van der Waals surface area contributed by atoms with Gasteiger partial charge in [0.1, 0.15) is 0 Å². The molecular weight excluding hydrogens is 362 g/mol. The number of aromatic nitrogens is 1. The Kier molecular flexibility index (Phi) is 6.58. The number of fused-ring (bicyclic) bond motifs is 1. The number of carbonyl (C=O) groups excluding carboxylic acids is 2. The summed E-state index contributed by atoms with van der Waals surface area (Å²) in [6.45, 7) is 4.51. The van der Waals surface area contributed by atoms with Crippen LogP contribution < -0.4 is 5.32 Å². The molecule has 2 aromatic carbocycles. The van der Waals surface area contributed by atoms with E-state index in [1.165, 1.54) is 0 Å². The van der Waals surface area contributed by atoms with Gasteiger partial charge in [-0.1, -0.05) is 31.2 Å². The molecule has 3 aromatic rings. The van der Waals surface area contributed by atoms with Gasteiger partial charge in [0.05, 0.1) is 17.7 Å².